The van der Waals surface area contributed by atoms with Crippen LogP contribution in [0.2, 0.25) is 0 Å². The van der Waals surface area contributed by atoms with E-state index in [-0.39, 0.29) is 19.0 Å². The fraction of sp³-hybridized carbons (Fsp3) is 0.381. The summed E-state index contributed by atoms with van der Waals surface area (Å²) in [5, 5.41) is -1.09. The SMILES string of the molecule is COc1ccc(CN(Cc2ccc(OC)cc2)S(=O)(=O)C(C=O)C(C)C)cc1. The van der Waals surface area contributed by atoms with Crippen molar-refractivity contribution in [2.75, 3.05) is 14.2 Å². The summed E-state index contributed by atoms with van der Waals surface area (Å²) in [4.78, 5) is 11.5. The number of nitrogens with zero attached hydrogens (tertiary/aromatic N) is 1. The zero-order valence-corrected chi connectivity index (χ0v) is 17.5. The first kappa shape index (κ1) is 21.9. The van der Waals surface area contributed by atoms with Crippen molar-refractivity contribution in [3.05, 3.63) is 59.7 Å². The molecule has 2 aromatic rings. The van der Waals surface area contributed by atoms with Gasteiger partial charge < -0.3 is 14.3 Å². The predicted molar refractivity (Wildman–Crippen MR) is 109 cm³/mol. The molecule has 0 aromatic heterocycles. The van der Waals surface area contributed by atoms with E-state index in [4.69, 9.17) is 9.47 Å². The van der Waals surface area contributed by atoms with E-state index < -0.39 is 15.3 Å². The minimum atomic E-state index is -3.84. The van der Waals surface area contributed by atoms with Crippen LogP contribution >= 0.6 is 0 Å². The highest BCUT2D eigenvalue weighted by Gasteiger charge is 2.34. The van der Waals surface area contributed by atoms with Gasteiger partial charge in [0.05, 0.1) is 14.2 Å². The van der Waals surface area contributed by atoms with Gasteiger partial charge in [-0.25, -0.2) is 8.42 Å². The minimum Gasteiger partial charge on any atom is -0.497 e. The first-order valence-electron chi connectivity index (χ1n) is 9.02. The maximum atomic E-state index is 13.2. The number of methoxy groups -OCH3 is 2. The fourth-order valence-corrected chi connectivity index (χ4v) is 4.68. The van der Waals surface area contributed by atoms with Crippen LogP contribution in [0.4, 0.5) is 0 Å². The van der Waals surface area contributed by atoms with Crippen LogP contribution in [0.25, 0.3) is 0 Å². The van der Waals surface area contributed by atoms with Crippen LogP contribution in [0, 0.1) is 5.92 Å². The molecule has 1 unspecified atom stereocenters. The molecule has 0 saturated heterocycles. The minimum absolute atomic E-state index is 0.162. The fourth-order valence-electron chi connectivity index (χ4n) is 2.85. The van der Waals surface area contributed by atoms with Gasteiger partial charge in [-0.2, -0.15) is 4.31 Å². The van der Waals surface area contributed by atoms with Gasteiger partial charge in [-0.3, -0.25) is 0 Å². The highest BCUT2D eigenvalue weighted by atomic mass is 32.2. The number of aldehydes is 1. The van der Waals surface area contributed by atoms with Gasteiger partial charge in [0.25, 0.3) is 0 Å². The number of carbonyl (C=O) groups is 1. The molecule has 0 aliphatic heterocycles. The van der Waals surface area contributed by atoms with E-state index in [1.807, 2.05) is 24.3 Å². The smallest absolute Gasteiger partial charge is 0.224 e. The predicted octanol–water partition coefficient (Wildman–Crippen LogP) is 3.26. The second-order valence-corrected chi connectivity index (χ2v) is 8.94. The molecule has 0 saturated carbocycles. The Labute approximate surface area is 167 Å². The molecule has 7 heteroatoms. The molecule has 0 aliphatic carbocycles. The van der Waals surface area contributed by atoms with Crippen LogP contribution < -0.4 is 9.47 Å². The summed E-state index contributed by atoms with van der Waals surface area (Å²) in [7, 11) is -0.685. The number of benzene rings is 2. The summed E-state index contributed by atoms with van der Waals surface area (Å²) >= 11 is 0. The molecule has 0 radical (unpaired) electrons. The van der Waals surface area contributed by atoms with Crippen LogP contribution in [0.5, 0.6) is 11.5 Å². The number of rotatable bonds is 10. The summed E-state index contributed by atoms with van der Waals surface area (Å²) < 4.78 is 38.1. The van der Waals surface area contributed by atoms with Crippen LogP contribution in [-0.2, 0) is 27.9 Å². The number of hydrogen-bond acceptors (Lipinski definition) is 5. The van der Waals surface area contributed by atoms with Crippen LogP contribution in [0.1, 0.15) is 25.0 Å². The van der Waals surface area contributed by atoms with Gasteiger partial charge in [0.15, 0.2) is 0 Å². The first-order chi connectivity index (χ1) is 13.3. The second kappa shape index (κ2) is 9.71. The molecule has 0 spiro atoms. The van der Waals surface area contributed by atoms with E-state index in [1.165, 1.54) is 4.31 Å². The van der Waals surface area contributed by atoms with Gasteiger partial charge in [0.1, 0.15) is 23.0 Å². The molecule has 0 heterocycles. The Morgan fingerprint density at radius 1 is 0.857 bits per heavy atom. The molecule has 0 N–H and O–H groups in total. The molecular formula is C21H27NO5S. The van der Waals surface area contributed by atoms with E-state index in [2.05, 4.69) is 0 Å². The number of carbonyl (C=O) groups excluding carboxylic acids is 1. The molecule has 0 bridgehead atoms. The zero-order valence-electron chi connectivity index (χ0n) is 16.7. The van der Waals surface area contributed by atoms with Crippen LogP contribution in [0.15, 0.2) is 48.5 Å². The van der Waals surface area contributed by atoms with Crippen molar-refractivity contribution in [1.82, 2.24) is 4.31 Å². The molecule has 152 valence electrons. The summed E-state index contributed by atoms with van der Waals surface area (Å²) in [6.07, 6.45) is 0.523. The summed E-state index contributed by atoms with van der Waals surface area (Å²) in [6, 6.07) is 14.4. The Balaban J connectivity index is 2.36. The molecule has 1 atom stereocenters. The molecule has 0 aliphatic rings. The van der Waals surface area contributed by atoms with Crippen molar-refractivity contribution in [3.63, 3.8) is 0 Å². The van der Waals surface area contributed by atoms with E-state index in [9.17, 15) is 13.2 Å². The highest BCUT2D eigenvalue weighted by molar-refractivity contribution is 7.90. The van der Waals surface area contributed by atoms with Crippen molar-refractivity contribution in [2.24, 2.45) is 5.92 Å². The van der Waals surface area contributed by atoms with E-state index in [0.717, 1.165) is 11.1 Å². The Kier molecular flexibility index (Phi) is 7.60. The monoisotopic (exact) mass is 405 g/mol. The van der Waals surface area contributed by atoms with Crippen molar-refractivity contribution < 1.29 is 22.7 Å². The third-order valence-electron chi connectivity index (χ3n) is 4.53. The molecule has 28 heavy (non-hydrogen) atoms. The van der Waals surface area contributed by atoms with Crippen molar-refractivity contribution >= 4 is 16.3 Å². The normalized spacial score (nSPS) is 12.8. The zero-order chi connectivity index (χ0) is 20.7. The molecule has 2 aromatic carbocycles. The lowest BCUT2D eigenvalue weighted by Gasteiger charge is -2.27. The Hall–Kier alpha value is -2.38. The highest BCUT2D eigenvalue weighted by Crippen LogP contribution is 2.23. The number of hydrogen-bond donors (Lipinski definition) is 0. The van der Waals surface area contributed by atoms with Gasteiger partial charge in [0, 0.05) is 13.1 Å². The number of ether oxygens (including phenoxy) is 2. The standard InChI is InChI=1S/C21H27NO5S/c1-16(2)21(15-23)28(24,25)22(13-17-5-9-19(26-3)10-6-17)14-18-7-11-20(27-4)12-8-18/h5-12,15-16,21H,13-14H2,1-4H3. The largest absolute Gasteiger partial charge is 0.497 e. The number of sulfonamides is 1. The van der Waals surface area contributed by atoms with Gasteiger partial charge in [-0.05, 0) is 41.3 Å². The van der Waals surface area contributed by atoms with E-state index in [1.54, 1.807) is 52.3 Å². The third kappa shape index (κ3) is 5.33. The van der Waals surface area contributed by atoms with Gasteiger partial charge >= 0.3 is 0 Å². The maximum Gasteiger partial charge on any atom is 0.224 e. The van der Waals surface area contributed by atoms with Crippen molar-refractivity contribution in [2.45, 2.75) is 32.2 Å². The second-order valence-electron chi connectivity index (χ2n) is 6.85. The third-order valence-corrected chi connectivity index (χ3v) is 6.85. The van der Waals surface area contributed by atoms with Crippen molar-refractivity contribution in [3.8, 4) is 11.5 Å². The molecule has 0 fully saturated rings. The molecular weight excluding hydrogens is 378 g/mol. The van der Waals surface area contributed by atoms with Crippen molar-refractivity contribution in [1.29, 1.82) is 0 Å². The summed E-state index contributed by atoms with van der Waals surface area (Å²) in [5.74, 6) is 1.07. The maximum absolute atomic E-state index is 13.2. The molecule has 6 nitrogen and oxygen atoms in total. The molecule has 2 rings (SSSR count). The lowest BCUT2D eigenvalue weighted by atomic mass is 10.1. The topological polar surface area (TPSA) is 72.9 Å². The van der Waals surface area contributed by atoms with E-state index >= 15 is 0 Å². The summed E-state index contributed by atoms with van der Waals surface area (Å²) in [5.41, 5.74) is 1.62. The molecule has 0 amide bonds. The summed E-state index contributed by atoms with van der Waals surface area (Å²) in [6.45, 7) is 3.79. The Morgan fingerprint density at radius 3 is 1.54 bits per heavy atom. The van der Waals surface area contributed by atoms with Gasteiger partial charge in [-0.1, -0.05) is 38.1 Å². The average molecular weight is 406 g/mol. The van der Waals surface area contributed by atoms with E-state index in [0.29, 0.717) is 17.8 Å². The first-order valence-corrected chi connectivity index (χ1v) is 10.5. The quantitative estimate of drug-likeness (QED) is 0.567. The lowest BCUT2D eigenvalue weighted by Crippen LogP contribution is -2.41. The Bertz CT molecular complexity index is 811. The van der Waals surface area contributed by atoms with Crippen LogP contribution in [0.3, 0.4) is 0 Å². The average Bonchev–Trinajstić information content (AvgIpc) is 2.68. The lowest BCUT2D eigenvalue weighted by molar-refractivity contribution is -0.108. The van der Waals surface area contributed by atoms with Crippen LogP contribution in [-0.4, -0.2) is 38.5 Å². The van der Waals surface area contributed by atoms with Gasteiger partial charge in [0.2, 0.25) is 10.0 Å². The Morgan fingerprint density at radius 2 is 1.25 bits per heavy atom. The van der Waals surface area contributed by atoms with Gasteiger partial charge in [-0.15, -0.1) is 0 Å².